The lowest BCUT2D eigenvalue weighted by Crippen LogP contribution is -2.42. The number of imidazole rings is 1. The van der Waals surface area contributed by atoms with Crippen LogP contribution in [-0.4, -0.2) is 41.3 Å². The molecule has 9 nitrogen and oxygen atoms in total. The minimum Gasteiger partial charge on any atom is -0.337 e. The molecule has 40 heavy (non-hydrogen) atoms. The van der Waals surface area contributed by atoms with E-state index in [4.69, 9.17) is 11.6 Å². The van der Waals surface area contributed by atoms with Gasteiger partial charge in [0, 0.05) is 48.7 Å². The highest BCUT2D eigenvalue weighted by atomic mass is 35.5. The number of fused-ring (bicyclic) bond motifs is 5. The molecule has 200 valence electrons. The Morgan fingerprint density at radius 2 is 2.00 bits per heavy atom. The van der Waals surface area contributed by atoms with E-state index in [0.29, 0.717) is 18.1 Å². The van der Waals surface area contributed by atoms with Gasteiger partial charge in [0.2, 0.25) is 17.6 Å². The molecule has 5 aromatic rings. The maximum atomic E-state index is 14.8. The molecule has 8 rings (SSSR count). The summed E-state index contributed by atoms with van der Waals surface area (Å²) in [6, 6.07) is 10.5. The molecule has 1 spiro atoms. The minimum atomic E-state index is -0.643. The normalized spacial score (nSPS) is 17.4. The maximum absolute atomic E-state index is 14.8. The Hall–Kier alpha value is -4.31. The van der Waals surface area contributed by atoms with E-state index in [-0.39, 0.29) is 39.1 Å². The van der Waals surface area contributed by atoms with Crippen molar-refractivity contribution < 1.29 is 9.18 Å². The Labute approximate surface area is 232 Å². The predicted molar refractivity (Wildman–Crippen MR) is 148 cm³/mol. The zero-order chi connectivity index (χ0) is 27.2. The van der Waals surface area contributed by atoms with Crippen LogP contribution in [-0.2, 0) is 16.8 Å². The first-order valence-electron chi connectivity index (χ1n) is 13.3. The van der Waals surface area contributed by atoms with Crippen molar-refractivity contribution in [1.29, 1.82) is 0 Å². The number of rotatable bonds is 4. The van der Waals surface area contributed by atoms with Gasteiger partial charge < -0.3 is 10.2 Å². The van der Waals surface area contributed by atoms with E-state index < -0.39 is 11.4 Å². The van der Waals surface area contributed by atoms with Crippen LogP contribution in [0.3, 0.4) is 0 Å². The lowest BCUT2D eigenvalue weighted by Gasteiger charge is -2.35. The summed E-state index contributed by atoms with van der Waals surface area (Å²) in [6.45, 7) is 1.42. The second kappa shape index (κ2) is 8.34. The second-order valence-corrected chi connectivity index (χ2v) is 11.4. The van der Waals surface area contributed by atoms with Crippen molar-refractivity contribution in [3.63, 3.8) is 0 Å². The molecule has 0 saturated heterocycles. The lowest BCUT2D eigenvalue weighted by molar-refractivity contribution is -0.134. The van der Waals surface area contributed by atoms with Crippen LogP contribution in [0.2, 0.25) is 5.02 Å². The van der Waals surface area contributed by atoms with E-state index >= 15 is 0 Å². The molecule has 2 aliphatic carbocycles. The number of halogens is 2. The number of benzene rings is 2. The minimum absolute atomic E-state index is 0.0776. The summed E-state index contributed by atoms with van der Waals surface area (Å²) >= 11 is 6.29. The Bertz CT molecular complexity index is 1920. The van der Waals surface area contributed by atoms with Gasteiger partial charge in [-0.25, -0.2) is 18.9 Å². The van der Waals surface area contributed by atoms with Gasteiger partial charge in [-0.05, 0) is 61.1 Å². The SMILES string of the molecule is O=C(C1CC1)N1Cc2cc(Nc3ncc4c(=O)n(-c5c(F)cccc5Cl)c5nccn5c4n3)ccc2C2(CC2)C1. The molecule has 4 heterocycles. The Morgan fingerprint density at radius 1 is 1.15 bits per heavy atom. The number of aromatic nitrogens is 5. The van der Waals surface area contributed by atoms with Gasteiger partial charge in [0.25, 0.3) is 5.56 Å². The highest BCUT2D eigenvalue weighted by Gasteiger charge is 2.51. The largest absolute Gasteiger partial charge is 0.337 e. The van der Waals surface area contributed by atoms with Gasteiger partial charge in [0.1, 0.15) is 16.9 Å². The second-order valence-electron chi connectivity index (χ2n) is 11.0. The van der Waals surface area contributed by atoms with Crippen LogP contribution in [0.25, 0.3) is 22.5 Å². The van der Waals surface area contributed by atoms with Crippen molar-refractivity contribution in [2.75, 3.05) is 11.9 Å². The van der Waals surface area contributed by atoms with Crippen molar-refractivity contribution in [2.45, 2.75) is 37.6 Å². The average molecular weight is 556 g/mol. The van der Waals surface area contributed by atoms with E-state index in [2.05, 4.69) is 32.4 Å². The van der Waals surface area contributed by atoms with Gasteiger partial charge in [-0.2, -0.15) is 4.98 Å². The van der Waals surface area contributed by atoms with Crippen LogP contribution in [0.4, 0.5) is 16.0 Å². The molecule has 3 aromatic heterocycles. The van der Waals surface area contributed by atoms with Gasteiger partial charge in [-0.3, -0.25) is 14.0 Å². The van der Waals surface area contributed by atoms with Crippen molar-refractivity contribution in [3.8, 4) is 5.69 Å². The molecule has 0 unspecified atom stereocenters. The quantitative estimate of drug-likeness (QED) is 0.344. The molecule has 1 amide bonds. The van der Waals surface area contributed by atoms with E-state index in [1.807, 2.05) is 11.0 Å². The van der Waals surface area contributed by atoms with Crippen LogP contribution in [0.15, 0.2) is 59.8 Å². The number of carbonyl (C=O) groups excluding carboxylic acids is 1. The first kappa shape index (κ1) is 23.6. The van der Waals surface area contributed by atoms with E-state index in [1.54, 1.807) is 10.6 Å². The third-order valence-corrected chi connectivity index (χ3v) is 8.60. The zero-order valence-electron chi connectivity index (χ0n) is 21.3. The van der Waals surface area contributed by atoms with Crippen LogP contribution >= 0.6 is 11.6 Å². The number of anilines is 2. The van der Waals surface area contributed by atoms with Gasteiger partial charge >= 0.3 is 0 Å². The highest BCUT2D eigenvalue weighted by Crippen LogP contribution is 2.53. The summed E-state index contributed by atoms with van der Waals surface area (Å²) in [5.74, 6) is 0.309. The zero-order valence-corrected chi connectivity index (χ0v) is 22.0. The van der Waals surface area contributed by atoms with Gasteiger partial charge in [-0.1, -0.05) is 23.7 Å². The van der Waals surface area contributed by atoms with Crippen molar-refractivity contribution in [2.24, 2.45) is 5.92 Å². The summed E-state index contributed by atoms with van der Waals surface area (Å²) in [6.07, 6.45) is 8.79. The fourth-order valence-electron chi connectivity index (χ4n) is 5.99. The third-order valence-electron chi connectivity index (χ3n) is 8.29. The number of hydrogen-bond donors (Lipinski definition) is 1. The average Bonchev–Trinajstić information content (AvgIpc) is 3.88. The number of para-hydroxylation sites is 1. The number of nitrogens with one attached hydrogen (secondary N) is 1. The standard InChI is InChI=1S/C29H23ClFN7O2/c30-21-2-1-3-22(31)23(21)38-26(40)19-13-33-27(35-24(19)37-11-10-32-28(37)38)34-18-6-7-20-17(12-18)14-36(15-29(20)8-9-29)25(39)16-4-5-16/h1-3,6-7,10-13,16H,4-5,8-9,14-15H2,(H,33,34,35). The van der Waals surface area contributed by atoms with Crippen molar-refractivity contribution in [3.05, 3.63) is 87.3 Å². The molecule has 1 N–H and O–H groups in total. The number of amides is 1. The monoisotopic (exact) mass is 555 g/mol. The molecule has 0 bridgehead atoms. The first-order chi connectivity index (χ1) is 19.4. The summed E-state index contributed by atoms with van der Waals surface area (Å²) in [4.78, 5) is 41.8. The summed E-state index contributed by atoms with van der Waals surface area (Å²) in [5.41, 5.74) is 3.07. The van der Waals surface area contributed by atoms with E-state index in [9.17, 15) is 14.0 Å². The Kier molecular flexibility index (Phi) is 4.92. The number of carbonyl (C=O) groups is 1. The molecule has 0 atom stereocenters. The number of nitrogens with zero attached hydrogens (tertiary/aromatic N) is 6. The highest BCUT2D eigenvalue weighted by molar-refractivity contribution is 6.32. The van der Waals surface area contributed by atoms with Crippen molar-refractivity contribution >= 4 is 46.0 Å². The first-order valence-corrected chi connectivity index (χ1v) is 13.7. The molecule has 2 fully saturated rings. The Balaban J connectivity index is 1.18. The van der Waals surface area contributed by atoms with Gasteiger partial charge in [-0.15, -0.1) is 0 Å². The molecule has 2 saturated carbocycles. The van der Waals surface area contributed by atoms with Crippen LogP contribution < -0.4 is 10.9 Å². The summed E-state index contributed by atoms with van der Waals surface area (Å²) < 4.78 is 17.5. The lowest BCUT2D eigenvalue weighted by atomic mass is 9.86. The predicted octanol–water partition coefficient (Wildman–Crippen LogP) is 4.75. The molecule has 11 heteroatoms. The van der Waals surface area contributed by atoms with Crippen LogP contribution in [0.1, 0.15) is 36.8 Å². The Morgan fingerprint density at radius 3 is 2.77 bits per heavy atom. The topological polar surface area (TPSA) is 97.4 Å². The molecule has 0 radical (unpaired) electrons. The van der Waals surface area contributed by atoms with E-state index in [0.717, 1.165) is 48.0 Å². The third kappa shape index (κ3) is 3.55. The molecule has 3 aliphatic rings. The van der Waals surface area contributed by atoms with Crippen LogP contribution in [0.5, 0.6) is 0 Å². The smallest absolute Gasteiger partial charge is 0.270 e. The van der Waals surface area contributed by atoms with Gasteiger partial charge in [0.15, 0.2) is 5.65 Å². The molecule has 2 aromatic carbocycles. The van der Waals surface area contributed by atoms with Crippen LogP contribution in [0, 0.1) is 11.7 Å². The fraction of sp³-hybridized carbons (Fsp3) is 0.276. The molecule has 1 aliphatic heterocycles. The molecular formula is C29H23ClFN7O2. The maximum Gasteiger partial charge on any atom is 0.270 e. The van der Waals surface area contributed by atoms with E-state index in [1.165, 1.54) is 36.2 Å². The summed E-state index contributed by atoms with van der Waals surface area (Å²) in [5, 5.41) is 3.54. The number of hydrogen-bond acceptors (Lipinski definition) is 6. The summed E-state index contributed by atoms with van der Waals surface area (Å²) in [7, 11) is 0. The molecular weight excluding hydrogens is 533 g/mol. The van der Waals surface area contributed by atoms with Gasteiger partial charge in [0.05, 0.1) is 5.02 Å². The fourth-order valence-corrected chi connectivity index (χ4v) is 6.24. The van der Waals surface area contributed by atoms with Crippen molar-refractivity contribution in [1.82, 2.24) is 28.8 Å².